The van der Waals surface area contributed by atoms with Gasteiger partial charge in [0.05, 0.1) is 12.6 Å². The van der Waals surface area contributed by atoms with Crippen molar-refractivity contribution in [2.75, 3.05) is 50.0 Å². The zero-order valence-electron chi connectivity index (χ0n) is 9.93. The summed E-state index contributed by atoms with van der Waals surface area (Å²) in [5.41, 5.74) is 0. The minimum atomic E-state index is 0.513. The Labute approximate surface area is 101 Å². The lowest BCUT2D eigenvalue weighted by atomic mass is 10.3. The molecule has 0 aliphatic carbocycles. The number of anilines is 2. The summed E-state index contributed by atoms with van der Waals surface area (Å²) in [6.07, 6.45) is 1.57. The van der Waals surface area contributed by atoms with Crippen molar-refractivity contribution in [1.29, 1.82) is 5.26 Å². The average Bonchev–Trinajstić information content (AvgIpc) is 2.40. The van der Waals surface area contributed by atoms with E-state index in [-0.39, 0.29) is 0 Å². The van der Waals surface area contributed by atoms with Crippen LogP contribution in [0.5, 0.6) is 0 Å². The van der Waals surface area contributed by atoms with Crippen LogP contribution in [0.4, 0.5) is 11.6 Å². The third-order valence-corrected chi connectivity index (χ3v) is 2.90. The lowest BCUT2D eigenvalue weighted by molar-refractivity contribution is 0.286. The smallest absolute Gasteiger partial charge is 0.134 e. The second kappa shape index (κ2) is 5.46. The number of hydrogen-bond acceptors (Lipinski definition) is 6. The highest BCUT2D eigenvalue weighted by Crippen LogP contribution is 2.15. The normalized spacial score (nSPS) is 16.6. The quantitative estimate of drug-likeness (QED) is 0.749. The molecule has 1 fully saturated rings. The molecule has 0 saturated carbocycles. The van der Waals surface area contributed by atoms with Crippen molar-refractivity contribution in [2.24, 2.45) is 0 Å². The fraction of sp³-hybridized carbons (Fsp3) is 0.545. The third kappa shape index (κ3) is 2.82. The maximum atomic E-state index is 8.64. The first-order chi connectivity index (χ1) is 8.33. The summed E-state index contributed by atoms with van der Waals surface area (Å²) in [4.78, 5) is 12.7. The second-order valence-electron chi connectivity index (χ2n) is 3.93. The van der Waals surface area contributed by atoms with Gasteiger partial charge in [0.2, 0.25) is 0 Å². The Hall–Kier alpha value is -1.87. The highest BCUT2D eigenvalue weighted by atomic mass is 15.3. The molecule has 1 aliphatic rings. The maximum absolute atomic E-state index is 8.64. The summed E-state index contributed by atoms with van der Waals surface area (Å²) >= 11 is 0. The molecule has 1 aliphatic heterocycles. The minimum absolute atomic E-state index is 0.513. The molecular formula is C11H16N6. The highest BCUT2D eigenvalue weighted by Gasteiger charge is 2.17. The molecule has 1 aromatic heterocycles. The first-order valence-corrected chi connectivity index (χ1v) is 5.67. The number of aromatic nitrogens is 2. The Morgan fingerprint density at radius 1 is 1.35 bits per heavy atom. The molecular weight excluding hydrogens is 216 g/mol. The van der Waals surface area contributed by atoms with Gasteiger partial charge in [-0.2, -0.15) is 5.26 Å². The molecule has 90 valence electrons. The summed E-state index contributed by atoms with van der Waals surface area (Å²) < 4.78 is 0. The summed E-state index contributed by atoms with van der Waals surface area (Å²) in [6, 6.07) is 4.13. The first-order valence-electron chi connectivity index (χ1n) is 5.67. The van der Waals surface area contributed by atoms with Crippen LogP contribution >= 0.6 is 0 Å². The Bertz CT molecular complexity index is 405. The van der Waals surface area contributed by atoms with Crippen LogP contribution in [0.3, 0.4) is 0 Å². The molecule has 1 aromatic rings. The summed E-state index contributed by atoms with van der Waals surface area (Å²) in [5, 5.41) is 11.6. The van der Waals surface area contributed by atoms with E-state index in [9.17, 15) is 0 Å². The van der Waals surface area contributed by atoms with E-state index in [4.69, 9.17) is 5.26 Å². The van der Waals surface area contributed by atoms with Gasteiger partial charge in [-0.25, -0.2) is 9.97 Å². The van der Waals surface area contributed by atoms with Crippen molar-refractivity contribution in [1.82, 2.24) is 14.9 Å². The standard InChI is InChI=1S/C11H16N6/c1-13-10-8-11(15-9-14-10)17-6-4-16(3-2-12)5-7-17/h8-9H,3-7H2,1H3,(H,13,14,15). The Morgan fingerprint density at radius 2 is 2.12 bits per heavy atom. The second-order valence-corrected chi connectivity index (χ2v) is 3.93. The topological polar surface area (TPSA) is 68.1 Å². The van der Waals surface area contributed by atoms with Crippen LogP contribution in [0.1, 0.15) is 0 Å². The molecule has 0 radical (unpaired) electrons. The fourth-order valence-corrected chi connectivity index (χ4v) is 1.89. The van der Waals surface area contributed by atoms with E-state index in [1.165, 1.54) is 0 Å². The van der Waals surface area contributed by atoms with Crippen LogP contribution < -0.4 is 10.2 Å². The van der Waals surface area contributed by atoms with E-state index >= 15 is 0 Å². The van der Waals surface area contributed by atoms with E-state index in [2.05, 4.69) is 31.2 Å². The van der Waals surface area contributed by atoms with Crippen LogP contribution in [0.15, 0.2) is 12.4 Å². The lowest BCUT2D eigenvalue weighted by Crippen LogP contribution is -2.46. The van der Waals surface area contributed by atoms with Gasteiger partial charge in [-0.05, 0) is 0 Å². The van der Waals surface area contributed by atoms with Crippen LogP contribution in [-0.2, 0) is 0 Å². The van der Waals surface area contributed by atoms with Gasteiger partial charge >= 0.3 is 0 Å². The first kappa shape index (κ1) is 11.6. The van der Waals surface area contributed by atoms with Crippen molar-refractivity contribution in [2.45, 2.75) is 0 Å². The molecule has 1 saturated heterocycles. The van der Waals surface area contributed by atoms with Gasteiger partial charge in [-0.15, -0.1) is 0 Å². The largest absolute Gasteiger partial charge is 0.373 e. The number of piperazine rings is 1. The van der Waals surface area contributed by atoms with Gasteiger partial charge in [-0.1, -0.05) is 0 Å². The number of nitrogens with one attached hydrogen (secondary N) is 1. The molecule has 17 heavy (non-hydrogen) atoms. The number of rotatable bonds is 3. The van der Waals surface area contributed by atoms with E-state index in [1.807, 2.05) is 13.1 Å². The van der Waals surface area contributed by atoms with Gasteiger partial charge in [0.25, 0.3) is 0 Å². The number of nitriles is 1. The number of nitrogens with zero attached hydrogens (tertiary/aromatic N) is 5. The molecule has 0 spiro atoms. The van der Waals surface area contributed by atoms with Gasteiger partial charge in [-0.3, -0.25) is 4.90 Å². The highest BCUT2D eigenvalue weighted by molar-refractivity contribution is 5.48. The molecule has 0 aromatic carbocycles. The van der Waals surface area contributed by atoms with Crippen LogP contribution in [-0.4, -0.2) is 54.6 Å². The zero-order chi connectivity index (χ0) is 12.1. The molecule has 6 heteroatoms. The van der Waals surface area contributed by atoms with Crippen molar-refractivity contribution in [3.63, 3.8) is 0 Å². The predicted octanol–water partition coefficient (Wildman–Crippen LogP) is 0.164. The molecule has 1 N–H and O–H groups in total. The van der Waals surface area contributed by atoms with E-state index in [0.717, 1.165) is 37.8 Å². The van der Waals surface area contributed by atoms with Gasteiger partial charge in [0, 0.05) is 39.3 Å². The van der Waals surface area contributed by atoms with Crippen molar-refractivity contribution < 1.29 is 0 Å². The third-order valence-electron chi connectivity index (χ3n) is 2.90. The minimum Gasteiger partial charge on any atom is -0.373 e. The van der Waals surface area contributed by atoms with Crippen molar-refractivity contribution >= 4 is 11.6 Å². The molecule has 0 atom stereocenters. The SMILES string of the molecule is CNc1cc(N2CCN(CC#N)CC2)ncn1. The van der Waals surface area contributed by atoms with Gasteiger partial charge < -0.3 is 10.2 Å². The van der Waals surface area contributed by atoms with Crippen LogP contribution in [0, 0.1) is 11.3 Å². The molecule has 0 amide bonds. The fourth-order valence-electron chi connectivity index (χ4n) is 1.89. The molecule has 2 heterocycles. The van der Waals surface area contributed by atoms with Gasteiger partial charge in [0.1, 0.15) is 18.0 Å². The predicted molar refractivity (Wildman–Crippen MR) is 65.8 cm³/mol. The molecule has 2 rings (SSSR count). The molecule has 0 bridgehead atoms. The molecule has 0 unspecified atom stereocenters. The average molecular weight is 232 g/mol. The Balaban J connectivity index is 1.98. The summed E-state index contributed by atoms with van der Waals surface area (Å²) in [5.74, 6) is 1.77. The van der Waals surface area contributed by atoms with Crippen LogP contribution in [0.2, 0.25) is 0 Å². The van der Waals surface area contributed by atoms with E-state index in [0.29, 0.717) is 6.54 Å². The summed E-state index contributed by atoms with van der Waals surface area (Å²) in [6.45, 7) is 4.14. The van der Waals surface area contributed by atoms with E-state index < -0.39 is 0 Å². The zero-order valence-corrected chi connectivity index (χ0v) is 9.93. The van der Waals surface area contributed by atoms with Crippen LogP contribution in [0.25, 0.3) is 0 Å². The van der Waals surface area contributed by atoms with Gasteiger partial charge in [0.15, 0.2) is 0 Å². The van der Waals surface area contributed by atoms with Crippen molar-refractivity contribution in [3.8, 4) is 6.07 Å². The lowest BCUT2D eigenvalue weighted by Gasteiger charge is -2.34. The van der Waals surface area contributed by atoms with E-state index in [1.54, 1.807) is 6.33 Å². The summed E-state index contributed by atoms with van der Waals surface area (Å²) in [7, 11) is 1.84. The van der Waals surface area contributed by atoms with Crippen molar-refractivity contribution in [3.05, 3.63) is 12.4 Å². The maximum Gasteiger partial charge on any atom is 0.134 e. The Morgan fingerprint density at radius 3 is 2.76 bits per heavy atom. The monoisotopic (exact) mass is 232 g/mol. The number of hydrogen-bond donors (Lipinski definition) is 1. The Kier molecular flexibility index (Phi) is 3.73. The molecule has 6 nitrogen and oxygen atoms in total.